The summed E-state index contributed by atoms with van der Waals surface area (Å²) < 4.78 is 5.76. The average Bonchev–Trinajstić information content (AvgIpc) is 2.96. The van der Waals surface area contributed by atoms with Crippen molar-refractivity contribution in [1.29, 1.82) is 0 Å². The topological polar surface area (TPSA) is 25.4 Å². The predicted octanol–water partition coefficient (Wildman–Crippen LogP) is 4.67. The molecule has 0 bridgehead atoms. The quantitative estimate of drug-likeness (QED) is 0.802. The Morgan fingerprint density at radius 1 is 1.18 bits per heavy atom. The van der Waals surface area contributed by atoms with Crippen molar-refractivity contribution in [2.45, 2.75) is 32.7 Å². The van der Waals surface area contributed by atoms with Gasteiger partial charge < -0.3 is 4.74 Å². The number of nitrogens with zero attached hydrogens (tertiary/aromatic N) is 2. The molecule has 0 aliphatic carbocycles. The first kappa shape index (κ1) is 15.0. The number of benzene rings is 1. The maximum Gasteiger partial charge on any atom is 0.219 e. The average molecular weight is 296 g/mol. The zero-order valence-electron chi connectivity index (χ0n) is 13.4. The molecule has 1 fully saturated rings. The van der Waals surface area contributed by atoms with E-state index in [4.69, 9.17) is 4.74 Å². The third kappa shape index (κ3) is 3.66. The smallest absolute Gasteiger partial charge is 0.219 e. The second-order valence-corrected chi connectivity index (χ2v) is 6.39. The fourth-order valence-electron chi connectivity index (χ4n) is 3.15. The Bertz CT molecular complexity index is 580. The van der Waals surface area contributed by atoms with Crippen LogP contribution in [0.25, 0.3) is 0 Å². The molecule has 0 spiro atoms. The molecule has 1 aromatic heterocycles. The Morgan fingerprint density at radius 3 is 2.68 bits per heavy atom. The molecule has 2 heterocycles. The van der Waals surface area contributed by atoms with Crippen molar-refractivity contribution in [2.24, 2.45) is 5.92 Å². The summed E-state index contributed by atoms with van der Waals surface area (Å²) in [5.74, 6) is 2.18. The fourth-order valence-corrected chi connectivity index (χ4v) is 3.15. The minimum atomic E-state index is 0.515. The normalized spacial score (nSPS) is 18.8. The van der Waals surface area contributed by atoms with Gasteiger partial charge in [0.1, 0.15) is 5.75 Å². The number of hydrogen-bond acceptors (Lipinski definition) is 3. The third-order valence-electron chi connectivity index (χ3n) is 4.07. The summed E-state index contributed by atoms with van der Waals surface area (Å²) in [5, 5.41) is 0. The second kappa shape index (κ2) is 6.93. The SMILES string of the molecule is CC(C)CN1CCCC1c1ccc(Oc2ccccc2)nc1. The van der Waals surface area contributed by atoms with Gasteiger partial charge in [0.15, 0.2) is 0 Å². The molecule has 1 aliphatic rings. The van der Waals surface area contributed by atoms with Crippen LogP contribution < -0.4 is 4.74 Å². The van der Waals surface area contributed by atoms with E-state index in [1.807, 2.05) is 42.6 Å². The molecule has 0 amide bonds. The summed E-state index contributed by atoms with van der Waals surface area (Å²) in [6.07, 6.45) is 4.48. The van der Waals surface area contributed by atoms with Crippen molar-refractivity contribution in [1.82, 2.24) is 9.88 Å². The van der Waals surface area contributed by atoms with Crippen LogP contribution in [0.4, 0.5) is 0 Å². The molecule has 0 N–H and O–H groups in total. The Kier molecular flexibility index (Phi) is 4.74. The first-order valence-electron chi connectivity index (χ1n) is 8.15. The van der Waals surface area contributed by atoms with Gasteiger partial charge >= 0.3 is 0 Å². The van der Waals surface area contributed by atoms with Gasteiger partial charge in [-0.05, 0) is 43.0 Å². The van der Waals surface area contributed by atoms with Crippen LogP contribution in [0.1, 0.15) is 38.3 Å². The predicted molar refractivity (Wildman–Crippen MR) is 89.1 cm³/mol. The number of pyridine rings is 1. The molecule has 116 valence electrons. The highest BCUT2D eigenvalue weighted by Gasteiger charge is 2.26. The van der Waals surface area contributed by atoms with Crippen molar-refractivity contribution < 1.29 is 4.74 Å². The summed E-state index contributed by atoms with van der Waals surface area (Å²) in [4.78, 5) is 7.07. The minimum Gasteiger partial charge on any atom is -0.439 e. The Labute approximate surface area is 132 Å². The molecule has 1 saturated heterocycles. The number of rotatable bonds is 5. The number of hydrogen-bond donors (Lipinski definition) is 0. The second-order valence-electron chi connectivity index (χ2n) is 6.39. The van der Waals surface area contributed by atoms with Crippen molar-refractivity contribution in [3.05, 3.63) is 54.2 Å². The highest BCUT2D eigenvalue weighted by Crippen LogP contribution is 2.32. The van der Waals surface area contributed by atoms with E-state index in [-0.39, 0.29) is 0 Å². The van der Waals surface area contributed by atoms with E-state index >= 15 is 0 Å². The van der Waals surface area contributed by atoms with E-state index in [1.54, 1.807) is 0 Å². The summed E-state index contributed by atoms with van der Waals surface area (Å²) >= 11 is 0. The van der Waals surface area contributed by atoms with Gasteiger partial charge in [0.2, 0.25) is 5.88 Å². The molecule has 3 rings (SSSR count). The molecule has 0 saturated carbocycles. The van der Waals surface area contributed by atoms with Crippen LogP contribution >= 0.6 is 0 Å². The van der Waals surface area contributed by atoms with Gasteiger partial charge in [-0.2, -0.15) is 0 Å². The molecular weight excluding hydrogens is 272 g/mol. The highest BCUT2D eigenvalue weighted by atomic mass is 16.5. The standard InChI is InChI=1S/C19H24N2O/c1-15(2)14-21-12-6-9-18(21)16-10-11-19(20-13-16)22-17-7-4-3-5-8-17/h3-5,7-8,10-11,13,15,18H,6,9,12,14H2,1-2H3. The Balaban J connectivity index is 1.68. The number of aromatic nitrogens is 1. The lowest BCUT2D eigenvalue weighted by Crippen LogP contribution is -2.27. The van der Waals surface area contributed by atoms with Gasteiger partial charge in [0.25, 0.3) is 0 Å². The van der Waals surface area contributed by atoms with Gasteiger partial charge in [-0.25, -0.2) is 4.98 Å². The lowest BCUT2D eigenvalue weighted by Gasteiger charge is -2.26. The molecule has 1 atom stereocenters. The van der Waals surface area contributed by atoms with Gasteiger partial charge in [0, 0.05) is 24.8 Å². The van der Waals surface area contributed by atoms with E-state index in [0.717, 1.165) is 12.3 Å². The first-order chi connectivity index (χ1) is 10.7. The van der Waals surface area contributed by atoms with Gasteiger partial charge in [0.05, 0.1) is 0 Å². The van der Waals surface area contributed by atoms with Crippen LogP contribution in [-0.4, -0.2) is 23.0 Å². The van der Waals surface area contributed by atoms with Gasteiger partial charge in [-0.3, -0.25) is 4.90 Å². The van der Waals surface area contributed by atoms with Crippen LogP contribution in [-0.2, 0) is 0 Å². The highest BCUT2D eigenvalue weighted by molar-refractivity contribution is 5.28. The van der Waals surface area contributed by atoms with Gasteiger partial charge in [-0.1, -0.05) is 38.1 Å². The summed E-state index contributed by atoms with van der Waals surface area (Å²) in [5.41, 5.74) is 1.30. The molecule has 22 heavy (non-hydrogen) atoms. The molecule has 0 radical (unpaired) electrons. The molecule has 1 unspecified atom stereocenters. The van der Waals surface area contributed by atoms with E-state index in [0.29, 0.717) is 17.8 Å². The van der Waals surface area contributed by atoms with Crippen LogP contribution in [0.5, 0.6) is 11.6 Å². The van der Waals surface area contributed by atoms with Crippen LogP contribution in [0.15, 0.2) is 48.7 Å². The lowest BCUT2D eigenvalue weighted by molar-refractivity contribution is 0.228. The molecule has 2 aromatic rings. The first-order valence-corrected chi connectivity index (χ1v) is 8.15. The maximum absolute atomic E-state index is 5.76. The molecular formula is C19H24N2O. The van der Waals surface area contributed by atoms with Crippen LogP contribution in [0, 0.1) is 5.92 Å². The Hall–Kier alpha value is -1.87. The maximum atomic E-state index is 5.76. The zero-order valence-corrected chi connectivity index (χ0v) is 13.4. The molecule has 1 aliphatic heterocycles. The van der Waals surface area contributed by atoms with Gasteiger partial charge in [-0.15, -0.1) is 0 Å². The van der Waals surface area contributed by atoms with Crippen molar-refractivity contribution in [3.63, 3.8) is 0 Å². The van der Waals surface area contributed by atoms with E-state index in [1.165, 1.54) is 24.9 Å². The Morgan fingerprint density at radius 2 is 2.00 bits per heavy atom. The van der Waals surface area contributed by atoms with Crippen LogP contribution in [0.3, 0.4) is 0 Å². The molecule has 1 aromatic carbocycles. The summed E-state index contributed by atoms with van der Waals surface area (Å²) in [6, 6.07) is 14.4. The minimum absolute atomic E-state index is 0.515. The summed E-state index contributed by atoms with van der Waals surface area (Å²) in [6.45, 7) is 6.92. The largest absolute Gasteiger partial charge is 0.439 e. The molecule has 3 heteroatoms. The van der Waals surface area contributed by atoms with Crippen LogP contribution in [0.2, 0.25) is 0 Å². The lowest BCUT2D eigenvalue weighted by atomic mass is 10.1. The number of para-hydroxylation sites is 1. The number of ether oxygens (including phenoxy) is 1. The monoisotopic (exact) mass is 296 g/mol. The van der Waals surface area contributed by atoms with E-state index < -0.39 is 0 Å². The zero-order chi connectivity index (χ0) is 15.4. The number of likely N-dealkylation sites (tertiary alicyclic amines) is 1. The van der Waals surface area contributed by atoms with E-state index in [2.05, 4.69) is 29.8 Å². The molecule has 3 nitrogen and oxygen atoms in total. The fraction of sp³-hybridized carbons (Fsp3) is 0.421. The summed E-state index contributed by atoms with van der Waals surface area (Å²) in [7, 11) is 0. The van der Waals surface area contributed by atoms with Crippen molar-refractivity contribution in [2.75, 3.05) is 13.1 Å². The van der Waals surface area contributed by atoms with Crippen molar-refractivity contribution >= 4 is 0 Å². The van der Waals surface area contributed by atoms with Crippen molar-refractivity contribution in [3.8, 4) is 11.6 Å². The van der Waals surface area contributed by atoms with E-state index in [9.17, 15) is 0 Å². The third-order valence-corrected chi connectivity index (χ3v) is 4.07.